The predicted molar refractivity (Wildman–Crippen MR) is 61.7 cm³/mol. The SMILES string of the molecule is Cc1cc(C)nc(NCC(C)(C)C)c1. The normalized spacial score (nSPS) is 11.5. The highest BCUT2D eigenvalue weighted by Gasteiger charge is 2.09. The Balaban J connectivity index is 2.68. The third kappa shape index (κ3) is 3.77. The number of aryl methyl sites for hydroxylation is 2. The van der Waals surface area contributed by atoms with Crippen LogP contribution in [0, 0.1) is 19.3 Å². The van der Waals surface area contributed by atoms with E-state index in [-0.39, 0.29) is 0 Å². The monoisotopic (exact) mass is 192 g/mol. The third-order valence-corrected chi connectivity index (χ3v) is 1.90. The summed E-state index contributed by atoms with van der Waals surface area (Å²) in [5.74, 6) is 0.984. The fourth-order valence-electron chi connectivity index (χ4n) is 1.29. The molecule has 0 unspecified atom stereocenters. The molecule has 0 aromatic carbocycles. The molecule has 2 heteroatoms. The molecule has 14 heavy (non-hydrogen) atoms. The first kappa shape index (κ1) is 11.0. The van der Waals surface area contributed by atoms with Crippen LogP contribution in [-0.2, 0) is 0 Å². The maximum atomic E-state index is 4.43. The van der Waals surface area contributed by atoms with Crippen molar-refractivity contribution in [1.82, 2.24) is 4.98 Å². The van der Waals surface area contributed by atoms with Gasteiger partial charge in [-0.15, -0.1) is 0 Å². The van der Waals surface area contributed by atoms with E-state index in [9.17, 15) is 0 Å². The first-order valence-electron chi connectivity index (χ1n) is 5.06. The molecule has 0 spiro atoms. The highest BCUT2D eigenvalue weighted by Crippen LogP contribution is 2.15. The Kier molecular flexibility index (Phi) is 3.14. The molecule has 1 aromatic heterocycles. The van der Waals surface area contributed by atoms with Gasteiger partial charge in [0.15, 0.2) is 0 Å². The Labute approximate surface area is 86.8 Å². The van der Waals surface area contributed by atoms with Crippen molar-refractivity contribution >= 4 is 5.82 Å². The van der Waals surface area contributed by atoms with Crippen LogP contribution < -0.4 is 5.32 Å². The molecule has 0 aliphatic carbocycles. The summed E-state index contributed by atoms with van der Waals surface area (Å²) in [7, 11) is 0. The summed E-state index contributed by atoms with van der Waals surface area (Å²) >= 11 is 0. The van der Waals surface area contributed by atoms with E-state index in [0.717, 1.165) is 18.1 Å². The quantitative estimate of drug-likeness (QED) is 0.778. The molecule has 78 valence electrons. The van der Waals surface area contributed by atoms with Crippen molar-refractivity contribution in [3.05, 3.63) is 23.4 Å². The van der Waals surface area contributed by atoms with Crippen LogP contribution in [0.1, 0.15) is 32.0 Å². The van der Waals surface area contributed by atoms with Crippen LogP contribution in [0.15, 0.2) is 12.1 Å². The topological polar surface area (TPSA) is 24.9 Å². The summed E-state index contributed by atoms with van der Waals surface area (Å²) < 4.78 is 0. The lowest BCUT2D eigenvalue weighted by atomic mass is 9.97. The van der Waals surface area contributed by atoms with Crippen molar-refractivity contribution in [2.24, 2.45) is 5.41 Å². The second kappa shape index (κ2) is 3.99. The average Bonchev–Trinajstić information content (AvgIpc) is 1.97. The second-order valence-electron chi connectivity index (χ2n) is 5.09. The number of pyridine rings is 1. The number of rotatable bonds is 2. The zero-order chi connectivity index (χ0) is 10.8. The fourth-order valence-corrected chi connectivity index (χ4v) is 1.29. The van der Waals surface area contributed by atoms with E-state index < -0.39 is 0 Å². The van der Waals surface area contributed by atoms with Gasteiger partial charge in [-0.05, 0) is 37.0 Å². The molecule has 0 amide bonds. The maximum absolute atomic E-state index is 4.43. The molecule has 0 atom stereocenters. The molecule has 1 rings (SSSR count). The van der Waals surface area contributed by atoms with Crippen LogP contribution in [0.4, 0.5) is 5.82 Å². The summed E-state index contributed by atoms with van der Waals surface area (Å²) in [6.07, 6.45) is 0. The van der Waals surface area contributed by atoms with Gasteiger partial charge in [0.1, 0.15) is 5.82 Å². The van der Waals surface area contributed by atoms with E-state index in [1.165, 1.54) is 5.56 Å². The van der Waals surface area contributed by atoms with Gasteiger partial charge in [-0.3, -0.25) is 0 Å². The van der Waals surface area contributed by atoms with Gasteiger partial charge < -0.3 is 5.32 Å². The van der Waals surface area contributed by atoms with Crippen LogP contribution in [0.2, 0.25) is 0 Å². The number of aromatic nitrogens is 1. The number of nitrogens with zero attached hydrogens (tertiary/aromatic N) is 1. The van der Waals surface area contributed by atoms with Crippen molar-refractivity contribution < 1.29 is 0 Å². The molecule has 0 saturated heterocycles. The highest BCUT2D eigenvalue weighted by atomic mass is 15.0. The first-order chi connectivity index (χ1) is 6.37. The van der Waals surface area contributed by atoms with E-state index in [1.54, 1.807) is 0 Å². The number of anilines is 1. The lowest BCUT2D eigenvalue weighted by molar-refractivity contribution is 0.442. The van der Waals surface area contributed by atoms with E-state index in [4.69, 9.17) is 0 Å². The largest absolute Gasteiger partial charge is 0.370 e. The van der Waals surface area contributed by atoms with Gasteiger partial charge in [0.2, 0.25) is 0 Å². The van der Waals surface area contributed by atoms with Gasteiger partial charge in [0, 0.05) is 12.2 Å². The summed E-state index contributed by atoms with van der Waals surface area (Å²) in [6.45, 7) is 11.7. The first-order valence-corrected chi connectivity index (χ1v) is 5.06. The van der Waals surface area contributed by atoms with E-state index in [1.807, 2.05) is 6.92 Å². The summed E-state index contributed by atoms with van der Waals surface area (Å²) in [4.78, 5) is 4.43. The van der Waals surface area contributed by atoms with Crippen LogP contribution in [0.25, 0.3) is 0 Å². The highest BCUT2D eigenvalue weighted by molar-refractivity contribution is 5.39. The molecule has 0 aliphatic rings. The van der Waals surface area contributed by atoms with Crippen LogP contribution >= 0.6 is 0 Å². The van der Waals surface area contributed by atoms with Gasteiger partial charge >= 0.3 is 0 Å². The molecule has 1 heterocycles. The molecular weight excluding hydrogens is 172 g/mol. The van der Waals surface area contributed by atoms with E-state index in [2.05, 4.69) is 50.1 Å². The maximum Gasteiger partial charge on any atom is 0.126 e. The minimum Gasteiger partial charge on any atom is -0.370 e. The Morgan fingerprint density at radius 2 is 1.86 bits per heavy atom. The lowest BCUT2D eigenvalue weighted by Gasteiger charge is -2.19. The van der Waals surface area contributed by atoms with Crippen LogP contribution in [0.3, 0.4) is 0 Å². The minimum atomic E-state index is 0.291. The average molecular weight is 192 g/mol. The van der Waals surface area contributed by atoms with Gasteiger partial charge in [-0.1, -0.05) is 20.8 Å². The third-order valence-electron chi connectivity index (χ3n) is 1.90. The van der Waals surface area contributed by atoms with Gasteiger partial charge in [-0.2, -0.15) is 0 Å². The smallest absolute Gasteiger partial charge is 0.126 e. The van der Waals surface area contributed by atoms with Gasteiger partial charge in [0.05, 0.1) is 0 Å². The molecule has 2 nitrogen and oxygen atoms in total. The van der Waals surface area contributed by atoms with Crippen molar-refractivity contribution in [3.8, 4) is 0 Å². The standard InChI is InChI=1S/C12H20N2/c1-9-6-10(2)14-11(7-9)13-8-12(3,4)5/h6-7H,8H2,1-5H3,(H,13,14). The van der Waals surface area contributed by atoms with Crippen molar-refractivity contribution in [1.29, 1.82) is 0 Å². The lowest BCUT2D eigenvalue weighted by Crippen LogP contribution is -2.19. The van der Waals surface area contributed by atoms with Crippen molar-refractivity contribution in [3.63, 3.8) is 0 Å². The van der Waals surface area contributed by atoms with Gasteiger partial charge in [-0.25, -0.2) is 4.98 Å². The van der Waals surface area contributed by atoms with Crippen LogP contribution in [-0.4, -0.2) is 11.5 Å². The molecule has 0 radical (unpaired) electrons. The molecule has 0 aliphatic heterocycles. The fraction of sp³-hybridized carbons (Fsp3) is 0.583. The minimum absolute atomic E-state index is 0.291. The Hall–Kier alpha value is -1.05. The van der Waals surface area contributed by atoms with Crippen molar-refractivity contribution in [2.45, 2.75) is 34.6 Å². The molecule has 1 aromatic rings. The summed E-state index contributed by atoms with van der Waals surface area (Å²) in [6, 6.07) is 4.17. The van der Waals surface area contributed by atoms with E-state index in [0.29, 0.717) is 5.41 Å². The summed E-state index contributed by atoms with van der Waals surface area (Å²) in [5, 5.41) is 3.36. The Morgan fingerprint density at radius 3 is 2.36 bits per heavy atom. The summed E-state index contributed by atoms with van der Waals surface area (Å²) in [5.41, 5.74) is 2.62. The zero-order valence-electron chi connectivity index (χ0n) is 9.81. The Bertz CT molecular complexity index is 290. The molecule has 0 fully saturated rings. The molecule has 0 bridgehead atoms. The number of hydrogen-bond acceptors (Lipinski definition) is 2. The number of hydrogen-bond donors (Lipinski definition) is 1. The Morgan fingerprint density at radius 1 is 1.21 bits per heavy atom. The van der Waals surface area contributed by atoms with Crippen molar-refractivity contribution in [2.75, 3.05) is 11.9 Å². The predicted octanol–water partition coefficient (Wildman–Crippen LogP) is 3.16. The zero-order valence-corrected chi connectivity index (χ0v) is 9.81. The second-order valence-corrected chi connectivity index (χ2v) is 5.09. The van der Waals surface area contributed by atoms with Crippen LogP contribution in [0.5, 0.6) is 0 Å². The molecular formula is C12H20N2. The molecule has 0 saturated carbocycles. The van der Waals surface area contributed by atoms with E-state index >= 15 is 0 Å². The van der Waals surface area contributed by atoms with Gasteiger partial charge in [0.25, 0.3) is 0 Å². The number of nitrogens with one attached hydrogen (secondary N) is 1. The molecule has 1 N–H and O–H groups in total.